The second kappa shape index (κ2) is 9.34. The molecule has 2 aromatic heterocycles. The lowest BCUT2D eigenvalue weighted by atomic mass is 10.2. The molecule has 2 N–H and O–H groups in total. The third-order valence-corrected chi connectivity index (χ3v) is 4.76. The average molecular weight is 395 g/mol. The predicted molar refractivity (Wildman–Crippen MR) is 113 cm³/mol. The van der Waals surface area contributed by atoms with E-state index in [0.29, 0.717) is 29.3 Å². The van der Waals surface area contributed by atoms with Crippen molar-refractivity contribution >= 4 is 17.2 Å². The van der Waals surface area contributed by atoms with Gasteiger partial charge in [0.05, 0.1) is 19.3 Å². The molecule has 0 saturated heterocycles. The van der Waals surface area contributed by atoms with Crippen LogP contribution in [0.15, 0.2) is 53.3 Å². The Morgan fingerprint density at radius 1 is 1.21 bits per heavy atom. The summed E-state index contributed by atoms with van der Waals surface area (Å²) in [6.45, 7) is 5.54. The van der Waals surface area contributed by atoms with Gasteiger partial charge in [-0.15, -0.1) is 0 Å². The van der Waals surface area contributed by atoms with Gasteiger partial charge in [0.15, 0.2) is 6.54 Å². The normalized spacial score (nSPS) is 12.0. The molecule has 0 fully saturated rings. The second-order valence-electron chi connectivity index (χ2n) is 7.05. The van der Waals surface area contributed by atoms with Crippen molar-refractivity contribution in [1.29, 1.82) is 0 Å². The predicted octanol–water partition coefficient (Wildman–Crippen LogP) is 1.45. The average Bonchev–Trinajstić information content (AvgIpc) is 2.68. The topological polar surface area (TPSA) is 77.1 Å². The number of aryl methyl sites for hydroxylation is 1. The standard InChI is InChI=1S/C22H26N4O3/c1-4-12-25(15-21(27)24-18-9-5-6-10-19(18)29-3)14-17-13-22(28)26-16(2)8-7-11-20(26)23-17/h5-11,13H,4,12,14-15H2,1-3H3,(H,24,27)/p+1. The molecule has 2 heterocycles. The van der Waals surface area contributed by atoms with E-state index >= 15 is 0 Å². The highest BCUT2D eigenvalue weighted by Crippen LogP contribution is 2.22. The summed E-state index contributed by atoms with van der Waals surface area (Å²) >= 11 is 0. The number of rotatable bonds is 8. The number of carbonyl (C=O) groups excluding carboxylic acids is 1. The van der Waals surface area contributed by atoms with E-state index < -0.39 is 0 Å². The smallest absolute Gasteiger partial charge is 0.279 e. The SMILES string of the molecule is CCC[NH+](CC(=O)Nc1ccccc1OC)Cc1cc(=O)n2c(C)cccc2n1. The molecular weight excluding hydrogens is 368 g/mol. The maximum absolute atomic E-state index is 12.6. The summed E-state index contributed by atoms with van der Waals surface area (Å²) in [5, 5.41) is 2.91. The molecule has 0 saturated carbocycles. The number of methoxy groups -OCH3 is 1. The van der Waals surface area contributed by atoms with Gasteiger partial charge in [0.1, 0.15) is 23.6 Å². The van der Waals surface area contributed by atoms with Crippen LogP contribution in [0.3, 0.4) is 0 Å². The lowest BCUT2D eigenvalue weighted by Crippen LogP contribution is -3.11. The molecule has 0 bridgehead atoms. The van der Waals surface area contributed by atoms with Crippen LogP contribution in [0.4, 0.5) is 5.69 Å². The highest BCUT2D eigenvalue weighted by atomic mass is 16.5. The van der Waals surface area contributed by atoms with Crippen molar-refractivity contribution in [3.63, 3.8) is 0 Å². The number of nitrogens with one attached hydrogen (secondary N) is 2. The van der Waals surface area contributed by atoms with Crippen molar-refractivity contribution in [3.8, 4) is 5.75 Å². The number of carbonyl (C=O) groups is 1. The van der Waals surface area contributed by atoms with E-state index in [2.05, 4.69) is 17.2 Å². The molecule has 0 aliphatic heterocycles. The van der Waals surface area contributed by atoms with Gasteiger partial charge in [0.25, 0.3) is 11.5 Å². The zero-order valence-electron chi connectivity index (χ0n) is 17.1. The van der Waals surface area contributed by atoms with E-state index in [0.717, 1.165) is 23.6 Å². The van der Waals surface area contributed by atoms with Gasteiger partial charge < -0.3 is 15.0 Å². The molecule has 0 radical (unpaired) electrons. The zero-order valence-corrected chi connectivity index (χ0v) is 17.1. The molecule has 3 aromatic rings. The molecular formula is C22H27N4O3+. The van der Waals surface area contributed by atoms with E-state index in [9.17, 15) is 9.59 Å². The minimum atomic E-state index is -0.105. The van der Waals surface area contributed by atoms with E-state index in [1.165, 1.54) is 0 Å². The Balaban J connectivity index is 1.75. The van der Waals surface area contributed by atoms with Gasteiger partial charge in [-0.25, -0.2) is 4.98 Å². The molecule has 7 heteroatoms. The summed E-state index contributed by atoms with van der Waals surface area (Å²) in [6, 6.07) is 14.5. The second-order valence-corrected chi connectivity index (χ2v) is 7.05. The van der Waals surface area contributed by atoms with Crippen LogP contribution in [0.25, 0.3) is 5.65 Å². The van der Waals surface area contributed by atoms with Crippen LogP contribution in [0.2, 0.25) is 0 Å². The number of aromatic nitrogens is 2. The summed E-state index contributed by atoms with van der Waals surface area (Å²) in [5.74, 6) is 0.517. The molecule has 1 atom stereocenters. The van der Waals surface area contributed by atoms with Crippen molar-refractivity contribution in [2.75, 3.05) is 25.5 Å². The van der Waals surface area contributed by atoms with E-state index in [1.54, 1.807) is 23.6 Å². The molecule has 7 nitrogen and oxygen atoms in total. The molecule has 1 amide bonds. The van der Waals surface area contributed by atoms with Crippen LogP contribution >= 0.6 is 0 Å². The first-order valence-corrected chi connectivity index (χ1v) is 9.76. The first kappa shape index (κ1) is 20.5. The number of fused-ring (bicyclic) bond motifs is 1. The Morgan fingerprint density at radius 3 is 2.76 bits per heavy atom. The molecule has 1 aromatic carbocycles. The van der Waals surface area contributed by atoms with E-state index in [-0.39, 0.29) is 18.0 Å². The largest absolute Gasteiger partial charge is 0.495 e. The van der Waals surface area contributed by atoms with E-state index in [1.807, 2.05) is 43.3 Å². The summed E-state index contributed by atoms with van der Waals surface area (Å²) in [6.07, 6.45) is 0.920. The Labute approximate surface area is 170 Å². The fourth-order valence-electron chi connectivity index (χ4n) is 3.47. The minimum absolute atomic E-state index is 0.0996. The van der Waals surface area contributed by atoms with Crippen LogP contribution in [0.5, 0.6) is 5.75 Å². The summed E-state index contributed by atoms with van der Waals surface area (Å²) in [4.78, 5) is 30.8. The number of anilines is 1. The van der Waals surface area contributed by atoms with Gasteiger partial charge in [-0.3, -0.25) is 14.0 Å². The van der Waals surface area contributed by atoms with Crippen molar-refractivity contribution < 1.29 is 14.4 Å². The number of para-hydroxylation sites is 2. The number of pyridine rings is 1. The van der Waals surface area contributed by atoms with Crippen LogP contribution in [0.1, 0.15) is 24.7 Å². The van der Waals surface area contributed by atoms with Gasteiger partial charge in [0, 0.05) is 11.8 Å². The summed E-state index contributed by atoms with van der Waals surface area (Å²) in [7, 11) is 1.57. The van der Waals surface area contributed by atoms with Crippen LogP contribution in [-0.4, -0.2) is 35.5 Å². The lowest BCUT2D eigenvalue weighted by Gasteiger charge is -2.19. The number of hydrogen-bond acceptors (Lipinski definition) is 4. The Morgan fingerprint density at radius 2 is 2.00 bits per heavy atom. The Hall–Kier alpha value is -3.19. The highest BCUT2D eigenvalue weighted by Gasteiger charge is 2.17. The molecule has 152 valence electrons. The Bertz CT molecular complexity index is 1060. The number of ether oxygens (including phenoxy) is 1. The fraction of sp³-hybridized carbons (Fsp3) is 0.318. The summed E-state index contributed by atoms with van der Waals surface area (Å²) in [5.41, 5.74) is 2.71. The highest BCUT2D eigenvalue weighted by molar-refractivity contribution is 5.92. The van der Waals surface area contributed by atoms with E-state index in [4.69, 9.17) is 4.74 Å². The quantitative estimate of drug-likeness (QED) is 0.605. The first-order chi connectivity index (χ1) is 14.0. The molecule has 1 unspecified atom stereocenters. The molecule has 29 heavy (non-hydrogen) atoms. The maximum atomic E-state index is 12.6. The maximum Gasteiger partial charge on any atom is 0.279 e. The number of hydrogen-bond donors (Lipinski definition) is 2. The van der Waals surface area contributed by atoms with Gasteiger partial charge in [-0.1, -0.05) is 25.1 Å². The number of benzene rings is 1. The Kier molecular flexibility index (Phi) is 6.61. The third-order valence-electron chi connectivity index (χ3n) is 4.76. The molecule has 0 aliphatic carbocycles. The zero-order chi connectivity index (χ0) is 20.8. The monoisotopic (exact) mass is 395 g/mol. The fourth-order valence-corrected chi connectivity index (χ4v) is 3.47. The van der Waals surface area contributed by atoms with Gasteiger partial charge in [0.2, 0.25) is 0 Å². The molecule has 0 spiro atoms. The first-order valence-electron chi connectivity index (χ1n) is 9.76. The van der Waals surface area contributed by atoms with Crippen LogP contribution in [0, 0.1) is 6.92 Å². The minimum Gasteiger partial charge on any atom is -0.495 e. The molecule has 0 aliphatic rings. The number of nitrogens with zero attached hydrogens (tertiary/aromatic N) is 2. The van der Waals surface area contributed by atoms with Crippen LogP contribution in [-0.2, 0) is 11.3 Å². The number of quaternary nitrogens is 1. The van der Waals surface area contributed by atoms with Gasteiger partial charge >= 0.3 is 0 Å². The van der Waals surface area contributed by atoms with Gasteiger partial charge in [-0.05, 0) is 37.6 Å². The van der Waals surface area contributed by atoms with Crippen molar-refractivity contribution in [1.82, 2.24) is 9.38 Å². The third kappa shape index (κ3) is 5.00. The van der Waals surface area contributed by atoms with Crippen LogP contribution < -0.4 is 20.5 Å². The van der Waals surface area contributed by atoms with Crippen molar-refractivity contribution in [2.24, 2.45) is 0 Å². The lowest BCUT2D eigenvalue weighted by molar-refractivity contribution is -0.906. The molecule has 3 rings (SSSR count). The number of amides is 1. The van der Waals surface area contributed by atoms with Crippen molar-refractivity contribution in [3.05, 3.63) is 70.3 Å². The van der Waals surface area contributed by atoms with Crippen molar-refractivity contribution in [2.45, 2.75) is 26.8 Å². The van der Waals surface area contributed by atoms with Gasteiger partial charge in [-0.2, -0.15) is 0 Å². The summed E-state index contributed by atoms with van der Waals surface area (Å²) < 4.78 is 6.88.